The van der Waals surface area contributed by atoms with Crippen molar-refractivity contribution in [3.8, 4) is 17.6 Å². The first-order chi connectivity index (χ1) is 15.4. The molecule has 0 amide bonds. The van der Waals surface area contributed by atoms with Gasteiger partial charge in [0.2, 0.25) is 0 Å². The summed E-state index contributed by atoms with van der Waals surface area (Å²) in [6.45, 7) is 3.63. The van der Waals surface area contributed by atoms with Gasteiger partial charge in [0.25, 0.3) is 5.56 Å². The van der Waals surface area contributed by atoms with Gasteiger partial charge in [0.05, 0.1) is 12.4 Å². The predicted octanol–water partition coefficient (Wildman–Crippen LogP) is 1.39. The van der Waals surface area contributed by atoms with Crippen molar-refractivity contribution in [2.24, 2.45) is 0 Å². The summed E-state index contributed by atoms with van der Waals surface area (Å²) < 4.78 is 20.6. The first kappa shape index (κ1) is 19.9. The van der Waals surface area contributed by atoms with Crippen molar-refractivity contribution in [3.63, 3.8) is 0 Å². The maximum absolute atomic E-state index is 12.9. The molecule has 0 bridgehead atoms. The lowest BCUT2D eigenvalue weighted by Gasteiger charge is -2.09. The second-order valence-corrected chi connectivity index (χ2v) is 7.73. The number of nitrogens with one attached hydrogen (secondary N) is 1. The second-order valence-electron chi connectivity index (χ2n) is 7.73. The van der Waals surface area contributed by atoms with Crippen molar-refractivity contribution in [3.05, 3.63) is 57.3 Å². The molecule has 3 aromatic heterocycles. The number of esters is 1. The summed E-state index contributed by atoms with van der Waals surface area (Å²) in [6, 6.07) is -0.00669. The molecule has 10 nitrogen and oxygen atoms in total. The van der Waals surface area contributed by atoms with Crippen LogP contribution in [0.4, 0.5) is 4.39 Å². The van der Waals surface area contributed by atoms with E-state index in [9.17, 15) is 18.8 Å². The maximum Gasteiger partial charge on any atom is 0.339 e. The number of fused-ring (bicyclic) bond motifs is 1. The van der Waals surface area contributed by atoms with E-state index in [0.29, 0.717) is 5.65 Å². The smallest absolute Gasteiger partial charge is 0.339 e. The molecular formula is C21H17FN6O4. The fraction of sp³-hybridized carbons (Fsp3) is 0.333. The van der Waals surface area contributed by atoms with E-state index in [1.54, 1.807) is 4.57 Å². The first-order valence-corrected chi connectivity index (χ1v) is 10.1. The van der Waals surface area contributed by atoms with Crippen LogP contribution in [0, 0.1) is 17.9 Å². The second kappa shape index (κ2) is 7.56. The molecule has 3 heterocycles. The number of imidazole rings is 1. The van der Waals surface area contributed by atoms with Crippen LogP contribution in [-0.2, 0) is 4.79 Å². The van der Waals surface area contributed by atoms with Crippen LogP contribution < -0.4 is 16.0 Å². The van der Waals surface area contributed by atoms with E-state index in [1.165, 1.54) is 4.57 Å². The third-order valence-corrected chi connectivity index (χ3v) is 5.19. The van der Waals surface area contributed by atoms with Crippen molar-refractivity contribution in [2.45, 2.75) is 44.2 Å². The average molecular weight is 436 g/mol. The number of H-pyrrole nitrogens is 1. The monoisotopic (exact) mass is 436 g/mol. The van der Waals surface area contributed by atoms with E-state index in [1.807, 2.05) is 0 Å². The van der Waals surface area contributed by atoms with Crippen molar-refractivity contribution in [1.29, 1.82) is 0 Å². The van der Waals surface area contributed by atoms with Gasteiger partial charge in [-0.15, -0.1) is 0 Å². The lowest BCUT2D eigenvalue weighted by Crippen LogP contribution is -2.39. The van der Waals surface area contributed by atoms with Crippen LogP contribution in [0.1, 0.15) is 50.0 Å². The third kappa shape index (κ3) is 3.71. The number of carbonyl (C=O) groups is 1. The zero-order chi connectivity index (χ0) is 22.4. The molecule has 3 aromatic rings. The molecule has 0 aromatic carbocycles. The highest BCUT2D eigenvalue weighted by molar-refractivity contribution is 5.89. The minimum atomic E-state index is -0.934. The fourth-order valence-electron chi connectivity index (χ4n) is 3.32. The minimum absolute atomic E-state index is 0.0206. The van der Waals surface area contributed by atoms with E-state index >= 15 is 0 Å². The Kier molecular flexibility index (Phi) is 4.70. The summed E-state index contributed by atoms with van der Waals surface area (Å²) in [5.41, 5.74) is -0.0942. The Balaban J connectivity index is 1.37. The van der Waals surface area contributed by atoms with E-state index in [-0.39, 0.29) is 52.4 Å². The Morgan fingerprint density at radius 2 is 1.84 bits per heavy atom. The van der Waals surface area contributed by atoms with Gasteiger partial charge in [0, 0.05) is 24.1 Å². The maximum atomic E-state index is 12.9. The van der Waals surface area contributed by atoms with Crippen LogP contribution in [0.15, 0.2) is 34.1 Å². The molecule has 0 spiro atoms. The molecule has 11 heteroatoms. The topological polar surface area (TPSA) is 125 Å². The molecule has 2 aliphatic rings. The van der Waals surface area contributed by atoms with Crippen LogP contribution in [0.25, 0.3) is 11.2 Å². The third-order valence-electron chi connectivity index (χ3n) is 5.19. The summed E-state index contributed by atoms with van der Waals surface area (Å²) >= 11 is 0. The van der Waals surface area contributed by atoms with Gasteiger partial charge >= 0.3 is 17.7 Å². The summed E-state index contributed by atoms with van der Waals surface area (Å²) in [6.07, 6.45) is 4.46. The molecule has 0 unspecified atom stereocenters. The highest BCUT2D eigenvalue weighted by Gasteiger charge is 2.34. The zero-order valence-corrected chi connectivity index (χ0v) is 16.8. The van der Waals surface area contributed by atoms with Crippen molar-refractivity contribution < 1.29 is 13.9 Å². The molecular weight excluding hydrogens is 419 g/mol. The molecule has 32 heavy (non-hydrogen) atoms. The van der Waals surface area contributed by atoms with Gasteiger partial charge in [-0.2, -0.15) is 4.39 Å². The van der Waals surface area contributed by atoms with E-state index < -0.39 is 12.0 Å². The van der Waals surface area contributed by atoms with Crippen LogP contribution in [0.2, 0.25) is 0 Å². The Hall–Kier alpha value is -4.07. The van der Waals surface area contributed by atoms with Gasteiger partial charge in [-0.05, 0) is 31.6 Å². The van der Waals surface area contributed by atoms with Crippen molar-refractivity contribution >= 4 is 17.1 Å². The number of rotatable bonds is 5. The standard InChI is InChI=1S/C21H17FN6O4/c1-11(19(30)32-14-9-23-20(22)24-10-14)3-2-4-15-25-16-17(26-15)27(12-5-6-12)21(31)28(18(16)29)13-7-8-13/h9-10,12-13H,1,3,5-8H2,(H,25,26). The van der Waals surface area contributed by atoms with Crippen LogP contribution in [-0.4, -0.2) is 35.0 Å². The van der Waals surface area contributed by atoms with E-state index in [4.69, 9.17) is 4.74 Å². The summed E-state index contributed by atoms with van der Waals surface area (Å²) in [5.74, 6) is 4.96. The number of aromatic nitrogens is 6. The SMILES string of the molecule is C=C(CC#Cc1nc2c([nH]1)c(=O)n(C1CC1)c(=O)n2C1CC1)C(=O)Oc1cnc(F)nc1. The molecule has 0 atom stereocenters. The zero-order valence-electron chi connectivity index (χ0n) is 16.8. The molecule has 0 radical (unpaired) electrons. The number of hydrogen-bond donors (Lipinski definition) is 1. The Morgan fingerprint density at radius 1 is 1.19 bits per heavy atom. The fourth-order valence-corrected chi connectivity index (χ4v) is 3.32. The number of nitrogens with zero attached hydrogens (tertiary/aromatic N) is 5. The highest BCUT2D eigenvalue weighted by atomic mass is 19.1. The predicted molar refractivity (Wildman–Crippen MR) is 109 cm³/mol. The van der Waals surface area contributed by atoms with Gasteiger partial charge in [0.1, 0.15) is 0 Å². The number of aromatic amines is 1. The summed E-state index contributed by atoms with van der Waals surface area (Å²) in [5, 5.41) is 0. The van der Waals surface area contributed by atoms with Gasteiger partial charge < -0.3 is 9.72 Å². The van der Waals surface area contributed by atoms with Crippen LogP contribution in [0.5, 0.6) is 5.75 Å². The Bertz CT molecular complexity index is 1430. The van der Waals surface area contributed by atoms with Crippen molar-refractivity contribution in [2.75, 3.05) is 0 Å². The highest BCUT2D eigenvalue weighted by Crippen LogP contribution is 2.36. The molecule has 5 rings (SSSR count). The Morgan fingerprint density at radius 3 is 2.50 bits per heavy atom. The molecule has 0 saturated heterocycles. The van der Waals surface area contributed by atoms with Crippen LogP contribution >= 0.6 is 0 Å². The molecule has 2 saturated carbocycles. The lowest BCUT2D eigenvalue weighted by molar-refractivity contribution is -0.130. The normalized spacial score (nSPS) is 15.3. The molecule has 2 fully saturated rings. The van der Waals surface area contributed by atoms with Crippen molar-refractivity contribution in [1.82, 2.24) is 29.1 Å². The quantitative estimate of drug-likeness (QED) is 0.277. The number of ether oxygens (including phenoxy) is 1. The number of carbonyl (C=O) groups excluding carboxylic acids is 1. The number of halogens is 1. The molecule has 2 aliphatic carbocycles. The molecule has 1 N–H and O–H groups in total. The number of hydrogen-bond acceptors (Lipinski definition) is 7. The first-order valence-electron chi connectivity index (χ1n) is 10.1. The summed E-state index contributed by atoms with van der Waals surface area (Å²) in [4.78, 5) is 51.6. The van der Waals surface area contributed by atoms with Gasteiger partial charge in [-0.3, -0.25) is 13.9 Å². The van der Waals surface area contributed by atoms with E-state index in [2.05, 4.69) is 38.4 Å². The Labute approximate surface area is 179 Å². The molecule has 0 aliphatic heterocycles. The lowest BCUT2D eigenvalue weighted by atomic mass is 10.2. The van der Waals surface area contributed by atoms with E-state index in [0.717, 1.165) is 38.1 Å². The largest absolute Gasteiger partial charge is 0.420 e. The van der Waals surface area contributed by atoms with Gasteiger partial charge in [-0.1, -0.05) is 12.5 Å². The van der Waals surface area contributed by atoms with Crippen LogP contribution in [0.3, 0.4) is 0 Å². The molecule has 162 valence electrons. The van der Waals surface area contributed by atoms with Gasteiger partial charge in [0.15, 0.2) is 22.7 Å². The minimum Gasteiger partial charge on any atom is -0.420 e. The summed E-state index contributed by atoms with van der Waals surface area (Å²) in [7, 11) is 0. The average Bonchev–Trinajstić information content (AvgIpc) is 3.69. The van der Waals surface area contributed by atoms with Gasteiger partial charge in [-0.25, -0.2) is 24.5 Å².